The van der Waals surface area contributed by atoms with E-state index in [9.17, 15) is 4.79 Å². The Morgan fingerprint density at radius 2 is 2.00 bits per heavy atom. The number of amides is 1. The van der Waals surface area contributed by atoms with Crippen LogP contribution in [-0.4, -0.2) is 10.9 Å². The third kappa shape index (κ3) is 3.34. The molecule has 92 valence electrons. The zero-order valence-corrected chi connectivity index (χ0v) is 11.9. The lowest BCUT2D eigenvalue weighted by molar-refractivity contribution is 0.0950. The zero-order chi connectivity index (χ0) is 13.0. The molecule has 3 nitrogen and oxygen atoms in total. The second-order valence-electron chi connectivity index (χ2n) is 3.70. The van der Waals surface area contributed by atoms with Gasteiger partial charge >= 0.3 is 0 Å². The molecule has 0 radical (unpaired) electrons. The van der Waals surface area contributed by atoms with Gasteiger partial charge in [0.05, 0.1) is 5.56 Å². The van der Waals surface area contributed by atoms with E-state index in [4.69, 9.17) is 0 Å². The Kier molecular flexibility index (Phi) is 4.38. The van der Waals surface area contributed by atoms with Crippen LogP contribution in [0.15, 0.2) is 52.1 Å². The quantitative estimate of drug-likeness (QED) is 0.853. The van der Waals surface area contributed by atoms with Crippen LogP contribution in [0.1, 0.15) is 15.9 Å². The lowest BCUT2D eigenvalue weighted by Crippen LogP contribution is -2.23. The molecule has 0 saturated heterocycles. The molecule has 0 unspecified atom stereocenters. The Bertz CT molecular complexity index is 560. The molecule has 0 spiro atoms. The molecule has 0 atom stereocenters. The van der Waals surface area contributed by atoms with E-state index in [2.05, 4.69) is 38.9 Å². The van der Waals surface area contributed by atoms with E-state index in [1.54, 1.807) is 18.5 Å². The van der Waals surface area contributed by atoms with Gasteiger partial charge < -0.3 is 5.32 Å². The van der Waals surface area contributed by atoms with Crippen molar-refractivity contribution in [3.63, 3.8) is 0 Å². The van der Waals surface area contributed by atoms with Crippen LogP contribution in [0.4, 0.5) is 0 Å². The average molecular weight is 323 g/mol. The van der Waals surface area contributed by atoms with E-state index in [1.807, 2.05) is 24.3 Å². The van der Waals surface area contributed by atoms with E-state index >= 15 is 0 Å². The van der Waals surface area contributed by atoms with Gasteiger partial charge in [0.15, 0.2) is 0 Å². The predicted octanol–water partition coefficient (Wildman–Crippen LogP) is 3.06. The standard InChI is InChI=1S/C13H11BrN2OS/c14-12-2-1-10(18)7-11(12)13(17)16-8-9-3-5-15-6-4-9/h1-7,18H,8H2,(H,16,17). The Morgan fingerprint density at radius 3 is 2.72 bits per heavy atom. The zero-order valence-electron chi connectivity index (χ0n) is 9.43. The summed E-state index contributed by atoms with van der Waals surface area (Å²) in [6.07, 6.45) is 3.40. The van der Waals surface area contributed by atoms with E-state index in [1.165, 1.54) is 0 Å². The number of benzene rings is 1. The molecule has 5 heteroatoms. The molecule has 0 bridgehead atoms. The lowest BCUT2D eigenvalue weighted by atomic mass is 10.2. The van der Waals surface area contributed by atoms with E-state index in [0.29, 0.717) is 12.1 Å². The monoisotopic (exact) mass is 322 g/mol. The van der Waals surface area contributed by atoms with Crippen molar-refractivity contribution < 1.29 is 4.79 Å². The fourth-order valence-corrected chi connectivity index (χ4v) is 2.10. The van der Waals surface area contributed by atoms with Crippen LogP contribution in [0.2, 0.25) is 0 Å². The first kappa shape index (κ1) is 13.1. The summed E-state index contributed by atoms with van der Waals surface area (Å²) in [4.78, 5) is 16.7. The highest BCUT2D eigenvalue weighted by molar-refractivity contribution is 9.10. The molecule has 0 aliphatic carbocycles. The molecule has 2 aromatic rings. The minimum Gasteiger partial charge on any atom is -0.348 e. The van der Waals surface area contributed by atoms with Crippen LogP contribution in [-0.2, 0) is 6.54 Å². The van der Waals surface area contributed by atoms with Crippen LogP contribution in [0.3, 0.4) is 0 Å². The number of rotatable bonds is 3. The Hall–Kier alpha value is -1.33. The molecule has 1 aromatic heterocycles. The molecule has 0 saturated carbocycles. The van der Waals surface area contributed by atoms with Crippen LogP contribution >= 0.6 is 28.6 Å². The van der Waals surface area contributed by atoms with Gasteiger partial charge in [-0.2, -0.15) is 0 Å². The van der Waals surface area contributed by atoms with Crippen molar-refractivity contribution in [1.29, 1.82) is 0 Å². The van der Waals surface area contributed by atoms with Gasteiger partial charge in [-0.3, -0.25) is 9.78 Å². The summed E-state index contributed by atoms with van der Waals surface area (Å²) in [5.41, 5.74) is 1.59. The molecule has 18 heavy (non-hydrogen) atoms. The fraction of sp³-hybridized carbons (Fsp3) is 0.0769. The first-order valence-corrected chi connectivity index (χ1v) is 6.56. The summed E-state index contributed by atoms with van der Waals surface area (Å²) in [5, 5.41) is 2.85. The topological polar surface area (TPSA) is 42.0 Å². The van der Waals surface area contributed by atoms with Crippen molar-refractivity contribution in [2.24, 2.45) is 0 Å². The first-order valence-electron chi connectivity index (χ1n) is 5.32. The summed E-state index contributed by atoms with van der Waals surface area (Å²) in [5.74, 6) is -0.130. The third-order valence-electron chi connectivity index (χ3n) is 2.40. The Labute approximate surface area is 119 Å². The third-order valence-corrected chi connectivity index (χ3v) is 3.37. The smallest absolute Gasteiger partial charge is 0.252 e. The summed E-state index contributed by atoms with van der Waals surface area (Å²) in [7, 11) is 0. The van der Waals surface area contributed by atoms with Crippen LogP contribution in [0.5, 0.6) is 0 Å². The Balaban J connectivity index is 2.06. The summed E-state index contributed by atoms with van der Waals surface area (Å²) in [6, 6.07) is 9.10. The average Bonchev–Trinajstić information content (AvgIpc) is 2.40. The first-order chi connectivity index (χ1) is 8.66. The summed E-state index contributed by atoms with van der Waals surface area (Å²) < 4.78 is 0.757. The van der Waals surface area contributed by atoms with Gasteiger partial charge in [0.25, 0.3) is 5.91 Å². The van der Waals surface area contributed by atoms with E-state index < -0.39 is 0 Å². The number of hydrogen-bond acceptors (Lipinski definition) is 3. The van der Waals surface area contributed by atoms with Gasteiger partial charge in [-0.1, -0.05) is 0 Å². The lowest BCUT2D eigenvalue weighted by Gasteiger charge is -2.07. The number of thiol groups is 1. The second-order valence-corrected chi connectivity index (χ2v) is 5.07. The van der Waals surface area contributed by atoms with Gasteiger partial charge in [-0.25, -0.2) is 0 Å². The van der Waals surface area contributed by atoms with Crippen molar-refractivity contribution in [3.05, 3.63) is 58.3 Å². The molecule has 1 aromatic carbocycles. The van der Waals surface area contributed by atoms with Crippen LogP contribution < -0.4 is 5.32 Å². The van der Waals surface area contributed by atoms with Gasteiger partial charge in [0.1, 0.15) is 0 Å². The normalized spacial score (nSPS) is 10.1. The van der Waals surface area contributed by atoms with Crippen molar-refractivity contribution in [3.8, 4) is 0 Å². The maximum absolute atomic E-state index is 12.0. The molecular weight excluding hydrogens is 312 g/mol. The number of pyridine rings is 1. The van der Waals surface area contributed by atoms with Crippen molar-refractivity contribution in [2.45, 2.75) is 11.4 Å². The number of nitrogens with zero attached hydrogens (tertiary/aromatic N) is 1. The van der Waals surface area contributed by atoms with E-state index in [0.717, 1.165) is 14.9 Å². The van der Waals surface area contributed by atoms with Crippen molar-refractivity contribution >= 4 is 34.5 Å². The molecule has 1 amide bonds. The second kappa shape index (κ2) is 6.02. The number of carbonyl (C=O) groups excluding carboxylic acids is 1. The van der Waals surface area contributed by atoms with E-state index in [-0.39, 0.29) is 5.91 Å². The van der Waals surface area contributed by atoms with Crippen LogP contribution in [0, 0.1) is 0 Å². The maximum Gasteiger partial charge on any atom is 0.252 e. The van der Waals surface area contributed by atoms with Gasteiger partial charge in [0, 0.05) is 28.3 Å². The molecule has 1 heterocycles. The number of halogens is 1. The molecule has 2 rings (SSSR count). The largest absolute Gasteiger partial charge is 0.348 e. The van der Waals surface area contributed by atoms with Crippen molar-refractivity contribution in [1.82, 2.24) is 10.3 Å². The van der Waals surface area contributed by atoms with Gasteiger partial charge in [0.2, 0.25) is 0 Å². The number of aromatic nitrogens is 1. The van der Waals surface area contributed by atoms with Gasteiger partial charge in [-0.15, -0.1) is 12.6 Å². The summed E-state index contributed by atoms with van der Waals surface area (Å²) >= 11 is 7.58. The molecule has 0 aliphatic heterocycles. The Morgan fingerprint density at radius 1 is 1.28 bits per heavy atom. The molecular formula is C13H11BrN2OS. The maximum atomic E-state index is 12.0. The molecule has 1 N–H and O–H groups in total. The number of nitrogens with one attached hydrogen (secondary N) is 1. The highest BCUT2D eigenvalue weighted by atomic mass is 79.9. The molecule has 0 aliphatic rings. The highest BCUT2D eigenvalue weighted by Crippen LogP contribution is 2.20. The number of hydrogen-bond donors (Lipinski definition) is 2. The number of carbonyl (C=O) groups is 1. The minimum absolute atomic E-state index is 0.130. The minimum atomic E-state index is -0.130. The SMILES string of the molecule is O=C(NCc1ccncc1)c1cc(S)ccc1Br. The predicted molar refractivity (Wildman–Crippen MR) is 76.8 cm³/mol. The molecule has 0 fully saturated rings. The summed E-state index contributed by atoms with van der Waals surface area (Å²) in [6.45, 7) is 0.477. The van der Waals surface area contributed by atoms with Gasteiger partial charge in [-0.05, 0) is 51.8 Å². The van der Waals surface area contributed by atoms with Crippen molar-refractivity contribution in [2.75, 3.05) is 0 Å². The highest BCUT2D eigenvalue weighted by Gasteiger charge is 2.09. The van der Waals surface area contributed by atoms with Crippen LogP contribution in [0.25, 0.3) is 0 Å². The fourth-order valence-electron chi connectivity index (χ4n) is 1.47.